The molecule has 2 N–H and O–H groups in total. The highest BCUT2D eigenvalue weighted by Gasteiger charge is 2.17. The molecule has 4 heterocycles. The molecule has 0 radical (unpaired) electrons. The molecule has 0 aliphatic carbocycles. The Labute approximate surface area is 195 Å². The van der Waals surface area contributed by atoms with Crippen LogP contribution >= 0.6 is 0 Å². The van der Waals surface area contributed by atoms with Crippen LogP contribution in [0.3, 0.4) is 0 Å². The van der Waals surface area contributed by atoms with Crippen molar-refractivity contribution in [2.24, 2.45) is 0 Å². The molecule has 0 aliphatic heterocycles. The van der Waals surface area contributed by atoms with Gasteiger partial charge in [-0.1, -0.05) is 0 Å². The van der Waals surface area contributed by atoms with Crippen LogP contribution in [0.4, 0.5) is 11.4 Å². The molecule has 5 rings (SSSR count). The van der Waals surface area contributed by atoms with E-state index in [4.69, 9.17) is 4.98 Å². The summed E-state index contributed by atoms with van der Waals surface area (Å²) in [6.45, 7) is 5.35. The Hall–Kier alpha value is -4.62. The molecule has 0 saturated carbocycles. The van der Waals surface area contributed by atoms with E-state index in [0.29, 0.717) is 23.0 Å². The monoisotopic (exact) mass is 451 g/mol. The van der Waals surface area contributed by atoms with E-state index in [1.165, 1.54) is 0 Å². The van der Waals surface area contributed by atoms with E-state index in [9.17, 15) is 10.4 Å². The zero-order valence-electron chi connectivity index (χ0n) is 18.8. The molecule has 4 aromatic heterocycles. The average molecular weight is 451 g/mol. The Kier molecular flexibility index (Phi) is 5.24. The number of aliphatic hydroxyl groups is 1. The first-order valence-electron chi connectivity index (χ1n) is 10.6. The van der Waals surface area contributed by atoms with Gasteiger partial charge in [-0.15, -0.1) is 0 Å². The van der Waals surface area contributed by atoms with Crippen LogP contribution < -0.4 is 5.32 Å². The number of hydrogen-bond donors (Lipinski definition) is 2. The second kappa shape index (κ2) is 8.38. The number of aliphatic hydroxyl groups excluding tert-OH is 1. The number of aromatic nitrogens is 7. The van der Waals surface area contributed by atoms with Crippen molar-refractivity contribution in [2.75, 3.05) is 5.32 Å². The zero-order valence-corrected chi connectivity index (χ0v) is 18.8. The minimum Gasteiger partial charge on any atom is -0.389 e. The van der Waals surface area contributed by atoms with E-state index in [1.807, 2.05) is 54.8 Å². The highest BCUT2D eigenvalue weighted by molar-refractivity contribution is 5.82. The second-order valence-corrected chi connectivity index (χ2v) is 7.91. The lowest BCUT2D eigenvalue weighted by Gasteiger charge is -2.14. The SMILES string of the molecule is Cc1ncc(Nc2ccc3c(c2)ncn3-c2ccc(C(C)O)c(-n3nc(C#N)cc3C)n2)cn1. The number of imidazole rings is 1. The third kappa shape index (κ3) is 3.85. The van der Waals surface area contributed by atoms with Crippen molar-refractivity contribution in [2.45, 2.75) is 26.9 Å². The smallest absolute Gasteiger partial charge is 0.163 e. The summed E-state index contributed by atoms with van der Waals surface area (Å²) in [5.74, 6) is 1.79. The first kappa shape index (κ1) is 21.2. The first-order chi connectivity index (χ1) is 16.4. The quantitative estimate of drug-likeness (QED) is 0.414. The van der Waals surface area contributed by atoms with Crippen LogP contribution in [0.25, 0.3) is 22.7 Å². The minimum atomic E-state index is -0.760. The predicted octanol–water partition coefficient (Wildman–Crippen LogP) is 3.68. The number of nitrogens with one attached hydrogen (secondary N) is 1. The number of anilines is 2. The largest absolute Gasteiger partial charge is 0.389 e. The van der Waals surface area contributed by atoms with Gasteiger partial charge >= 0.3 is 0 Å². The van der Waals surface area contributed by atoms with Gasteiger partial charge in [0.15, 0.2) is 11.5 Å². The van der Waals surface area contributed by atoms with E-state index < -0.39 is 6.10 Å². The van der Waals surface area contributed by atoms with Crippen molar-refractivity contribution in [3.8, 4) is 17.7 Å². The third-order valence-corrected chi connectivity index (χ3v) is 5.41. The fourth-order valence-corrected chi connectivity index (χ4v) is 3.72. The molecule has 0 bridgehead atoms. The third-order valence-electron chi connectivity index (χ3n) is 5.41. The Morgan fingerprint density at radius 3 is 2.53 bits per heavy atom. The predicted molar refractivity (Wildman–Crippen MR) is 126 cm³/mol. The Morgan fingerprint density at radius 1 is 1.03 bits per heavy atom. The van der Waals surface area contributed by atoms with Gasteiger partial charge in [0.25, 0.3) is 0 Å². The summed E-state index contributed by atoms with van der Waals surface area (Å²) in [6.07, 6.45) is 4.41. The second-order valence-electron chi connectivity index (χ2n) is 7.91. The lowest BCUT2D eigenvalue weighted by atomic mass is 10.1. The molecule has 0 spiro atoms. The topological polar surface area (TPSA) is 130 Å². The number of rotatable bonds is 5. The number of benzene rings is 1. The fraction of sp³-hybridized carbons (Fsp3) is 0.167. The van der Waals surface area contributed by atoms with E-state index in [1.54, 1.807) is 36.4 Å². The highest BCUT2D eigenvalue weighted by atomic mass is 16.3. The Morgan fingerprint density at radius 2 is 1.82 bits per heavy atom. The first-order valence-corrected chi connectivity index (χ1v) is 10.6. The summed E-state index contributed by atoms with van der Waals surface area (Å²) < 4.78 is 3.45. The molecular formula is C24H21N9O. The molecule has 1 atom stereocenters. The van der Waals surface area contributed by atoms with Gasteiger partial charge in [-0.05, 0) is 57.2 Å². The van der Waals surface area contributed by atoms with E-state index in [0.717, 1.165) is 28.1 Å². The van der Waals surface area contributed by atoms with Crippen molar-refractivity contribution in [3.63, 3.8) is 0 Å². The van der Waals surface area contributed by atoms with Crippen LogP contribution in [0.2, 0.25) is 0 Å². The molecule has 34 heavy (non-hydrogen) atoms. The minimum absolute atomic E-state index is 0.285. The van der Waals surface area contributed by atoms with E-state index in [-0.39, 0.29) is 5.69 Å². The molecule has 0 saturated heterocycles. The number of hydrogen-bond acceptors (Lipinski definition) is 8. The zero-order chi connectivity index (χ0) is 23.8. The average Bonchev–Trinajstić information content (AvgIpc) is 3.43. The summed E-state index contributed by atoms with van der Waals surface area (Å²) in [5, 5.41) is 27.1. The number of nitrogens with zero attached hydrogens (tertiary/aromatic N) is 8. The summed E-state index contributed by atoms with van der Waals surface area (Å²) >= 11 is 0. The standard InChI is InChI=1S/C24H21N9O/c1-14-8-18(10-25)31-33(14)24-20(15(2)34)5-7-23(30-24)32-13-28-21-9-17(4-6-22(21)32)29-19-11-26-16(3)27-12-19/h4-9,11-13,15,29,34H,1-3H3. The van der Waals surface area contributed by atoms with Crippen molar-refractivity contribution >= 4 is 22.4 Å². The highest BCUT2D eigenvalue weighted by Crippen LogP contribution is 2.26. The molecule has 0 fully saturated rings. The maximum Gasteiger partial charge on any atom is 0.163 e. The van der Waals surface area contributed by atoms with E-state index in [2.05, 4.69) is 25.4 Å². The molecule has 1 unspecified atom stereocenters. The normalized spacial score (nSPS) is 12.0. The van der Waals surface area contributed by atoms with Gasteiger partial charge in [-0.2, -0.15) is 10.4 Å². The van der Waals surface area contributed by atoms with Crippen molar-refractivity contribution in [1.29, 1.82) is 5.26 Å². The van der Waals surface area contributed by atoms with Crippen LogP contribution in [0.1, 0.15) is 35.8 Å². The lowest BCUT2D eigenvalue weighted by molar-refractivity contribution is 0.198. The molecular weight excluding hydrogens is 430 g/mol. The lowest BCUT2D eigenvalue weighted by Crippen LogP contribution is -2.10. The van der Waals surface area contributed by atoms with Gasteiger partial charge in [0.1, 0.15) is 24.0 Å². The van der Waals surface area contributed by atoms with Crippen molar-refractivity contribution < 1.29 is 5.11 Å². The Bertz CT molecular complexity index is 1540. The summed E-state index contributed by atoms with van der Waals surface area (Å²) in [5.41, 5.74) is 4.93. The van der Waals surface area contributed by atoms with Gasteiger partial charge < -0.3 is 10.4 Å². The summed E-state index contributed by atoms with van der Waals surface area (Å²) in [6, 6.07) is 13.2. The summed E-state index contributed by atoms with van der Waals surface area (Å²) in [4.78, 5) is 17.7. The molecule has 10 heteroatoms. The van der Waals surface area contributed by atoms with Gasteiger partial charge in [0.05, 0.1) is 35.2 Å². The van der Waals surface area contributed by atoms with Gasteiger partial charge in [0.2, 0.25) is 0 Å². The van der Waals surface area contributed by atoms with Gasteiger partial charge in [0, 0.05) is 16.9 Å². The number of aryl methyl sites for hydroxylation is 2. The molecule has 5 aromatic rings. The van der Waals surface area contributed by atoms with Crippen LogP contribution in [0.15, 0.2) is 55.1 Å². The maximum atomic E-state index is 10.3. The number of nitriles is 1. The number of fused-ring (bicyclic) bond motifs is 1. The number of pyridine rings is 1. The van der Waals surface area contributed by atoms with Crippen LogP contribution in [0.5, 0.6) is 0 Å². The van der Waals surface area contributed by atoms with Gasteiger partial charge in [-0.3, -0.25) is 4.57 Å². The Balaban J connectivity index is 1.55. The molecule has 0 aliphatic rings. The maximum absolute atomic E-state index is 10.3. The van der Waals surface area contributed by atoms with Crippen LogP contribution in [-0.2, 0) is 0 Å². The van der Waals surface area contributed by atoms with Crippen LogP contribution in [-0.4, -0.2) is 39.4 Å². The summed E-state index contributed by atoms with van der Waals surface area (Å²) in [7, 11) is 0. The van der Waals surface area contributed by atoms with E-state index >= 15 is 0 Å². The molecule has 10 nitrogen and oxygen atoms in total. The van der Waals surface area contributed by atoms with Crippen LogP contribution in [0, 0.1) is 25.2 Å². The van der Waals surface area contributed by atoms with Gasteiger partial charge in [-0.25, -0.2) is 24.6 Å². The molecule has 1 aromatic carbocycles. The fourth-order valence-electron chi connectivity index (χ4n) is 3.72. The van der Waals surface area contributed by atoms with Crippen molar-refractivity contribution in [3.05, 3.63) is 77.9 Å². The van der Waals surface area contributed by atoms with Crippen molar-refractivity contribution in [1.82, 2.24) is 34.3 Å². The molecule has 168 valence electrons. The molecule has 0 amide bonds.